The summed E-state index contributed by atoms with van der Waals surface area (Å²) >= 11 is 0. The van der Waals surface area contributed by atoms with Gasteiger partial charge in [-0.2, -0.15) is 0 Å². The van der Waals surface area contributed by atoms with Crippen LogP contribution in [0.2, 0.25) is 0 Å². The average Bonchev–Trinajstić information content (AvgIpc) is 3.38. The number of nitrogen functional groups attached to an aromatic ring is 1. The van der Waals surface area contributed by atoms with Crippen molar-refractivity contribution in [3.05, 3.63) is 47.5 Å². The highest BCUT2D eigenvalue weighted by atomic mass is 35.5. The highest BCUT2D eigenvalue weighted by Crippen LogP contribution is 2.49. The first kappa shape index (κ1) is 17.4. The van der Waals surface area contributed by atoms with Crippen molar-refractivity contribution in [2.24, 2.45) is 5.92 Å². The first-order valence-electron chi connectivity index (χ1n) is 8.18. The van der Waals surface area contributed by atoms with Crippen molar-refractivity contribution in [3.63, 3.8) is 0 Å². The zero-order chi connectivity index (χ0) is 16.7. The van der Waals surface area contributed by atoms with E-state index in [4.69, 9.17) is 15.2 Å². The summed E-state index contributed by atoms with van der Waals surface area (Å²) in [6.07, 6.45) is 0.854. The molecule has 1 amide bonds. The molecule has 4 rings (SSSR count). The number of benzene rings is 2. The van der Waals surface area contributed by atoms with E-state index < -0.39 is 0 Å². The highest BCUT2D eigenvalue weighted by Gasteiger charge is 2.44. The van der Waals surface area contributed by atoms with Crippen LogP contribution in [0.3, 0.4) is 0 Å². The molecule has 2 aromatic carbocycles. The summed E-state index contributed by atoms with van der Waals surface area (Å²) in [5, 5.41) is 3.00. The lowest BCUT2D eigenvalue weighted by atomic mass is 10.1. The van der Waals surface area contributed by atoms with Gasteiger partial charge in [-0.05, 0) is 54.7 Å². The van der Waals surface area contributed by atoms with Gasteiger partial charge in [-0.15, -0.1) is 12.4 Å². The SMILES string of the molecule is Cc1ccc(N)cc1NC(=O)C1CC1c1ccc2c(c1)OCCO2.Cl. The first-order chi connectivity index (χ1) is 11.6. The van der Waals surface area contributed by atoms with Gasteiger partial charge in [-0.1, -0.05) is 12.1 Å². The van der Waals surface area contributed by atoms with Crippen molar-refractivity contribution >= 4 is 29.7 Å². The number of rotatable bonds is 3. The maximum absolute atomic E-state index is 12.5. The zero-order valence-electron chi connectivity index (χ0n) is 14.0. The molecular weight excluding hydrogens is 340 g/mol. The van der Waals surface area contributed by atoms with E-state index in [0.29, 0.717) is 18.9 Å². The quantitative estimate of drug-likeness (QED) is 0.821. The van der Waals surface area contributed by atoms with Gasteiger partial charge in [0.15, 0.2) is 11.5 Å². The Bertz CT molecular complexity index is 809. The second kappa shape index (κ2) is 6.84. The normalized spacial score (nSPS) is 20.4. The molecule has 2 aromatic rings. The second-order valence-electron chi connectivity index (χ2n) is 6.42. The van der Waals surface area contributed by atoms with Crippen LogP contribution in [0.25, 0.3) is 0 Å². The fourth-order valence-electron chi connectivity index (χ4n) is 3.14. The van der Waals surface area contributed by atoms with Crippen molar-refractivity contribution in [3.8, 4) is 11.5 Å². The second-order valence-corrected chi connectivity index (χ2v) is 6.42. The molecule has 25 heavy (non-hydrogen) atoms. The molecule has 2 atom stereocenters. The predicted octanol–water partition coefficient (Wildman–Crippen LogP) is 3.51. The number of hydrogen-bond acceptors (Lipinski definition) is 4. The third kappa shape index (κ3) is 3.51. The Labute approximate surface area is 152 Å². The third-order valence-corrected chi connectivity index (χ3v) is 4.64. The molecule has 0 aromatic heterocycles. The number of aryl methyl sites for hydroxylation is 1. The van der Waals surface area contributed by atoms with Gasteiger partial charge in [-0.3, -0.25) is 4.79 Å². The molecule has 1 aliphatic heterocycles. The van der Waals surface area contributed by atoms with Gasteiger partial charge in [-0.25, -0.2) is 0 Å². The van der Waals surface area contributed by atoms with Gasteiger partial charge < -0.3 is 20.5 Å². The molecule has 1 fully saturated rings. The van der Waals surface area contributed by atoms with E-state index in [1.807, 2.05) is 37.3 Å². The minimum Gasteiger partial charge on any atom is -0.486 e. The van der Waals surface area contributed by atoms with Gasteiger partial charge in [0.25, 0.3) is 0 Å². The van der Waals surface area contributed by atoms with E-state index in [2.05, 4.69) is 5.32 Å². The molecule has 2 aliphatic rings. The molecule has 1 heterocycles. The van der Waals surface area contributed by atoms with Crippen molar-refractivity contribution in [2.45, 2.75) is 19.3 Å². The molecule has 5 nitrogen and oxygen atoms in total. The number of fused-ring (bicyclic) bond motifs is 1. The Balaban J connectivity index is 0.00000182. The van der Waals surface area contributed by atoms with Crippen molar-refractivity contribution in [1.29, 1.82) is 0 Å². The lowest BCUT2D eigenvalue weighted by Gasteiger charge is -2.18. The van der Waals surface area contributed by atoms with Crippen LogP contribution in [-0.4, -0.2) is 19.1 Å². The number of amides is 1. The van der Waals surface area contributed by atoms with E-state index in [1.165, 1.54) is 0 Å². The zero-order valence-corrected chi connectivity index (χ0v) is 14.8. The number of ether oxygens (including phenoxy) is 2. The Morgan fingerprint density at radius 1 is 1.12 bits per heavy atom. The van der Waals surface area contributed by atoms with E-state index in [9.17, 15) is 4.79 Å². The van der Waals surface area contributed by atoms with Gasteiger partial charge in [0.2, 0.25) is 5.91 Å². The fraction of sp³-hybridized carbons (Fsp3) is 0.316. The summed E-state index contributed by atoms with van der Waals surface area (Å²) in [6, 6.07) is 11.5. The van der Waals surface area contributed by atoms with Gasteiger partial charge in [0, 0.05) is 17.3 Å². The van der Waals surface area contributed by atoms with Crippen LogP contribution in [-0.2, 0) is 4.79 Å². The van der Waals surface area contributed by atoms with Crippen LogP contribution in [0, 0.1) is 12.8 Å². The molecule has 1 aliphatic carbocycles. The summed E-state index contributed by atoms with van der Waals surface area (Å²) in [4.78, 5) is 12.5. The molecule has 2 unspecified atom stereocenters. The molecule has 3 N–H and O–H groups in total. The van der Waals surface area contributed by atoms with Gasteiger partial charge in [0.05, 0.1) is 0 Å². The number of carbonyl (C=O) groups is 1. The molecule has 132 valence electrons. The summed E-state index contributed by atoms with van der Waals surface area (Å²) in [5.41, 5.74) is 9.37. The van der Waals surface area contributed by atoms with E-state index in [-0.39, 0.29) is 30.2 Å². The Kier molecular flexibility index (Phi) is 4.77. The topological polar surface area (TPSA) is 73.6 Å². The molecule has 0 radical (unpaired) electrons. The molecule has 0 spiro atoms. The Morgan fingerprint density at radius 3 is 2.68 bits per heavy atom. The fourth-order valence-corrected chi connectivity index (χ4v) is 3.14. The molecular formula is C19H21ClN2O3. The first-order valence-corrected chi connectivity index (χ1v) is 8.18. The highest BCUT2D eigenvalue weighted by molar-refractivity contribution is 5.96. The van der Waals surface area contributed by atoms with Crippen molar-refractivity contribution in [2.75, 3.05) is 24.3 Å². The largest absolute Gasteiger partial charge is 0.486 e. The third-order valence-electron chi connectivity index (χ3n) is 4.64. The lowest BCUT2D eigenvalue weighted by Crippen LogP contribution is -2.16. The summed E-state index contributed by atoms with van der Waals surface area (Å²) in [5.74, 6) is 1.83. The summed E-state index contributed by atoms with van der Waals surface area (Å²) in [7, 11) is 0. The predicted molar refractivity (Wildman–Crippen MR) is 99.7 cm³/mol. The molecule has 6 heteroatoms. The maximum Gasteiger partial charge on any atom is 0.228 e. The molecule has 0 saturated heterocycles. The van der Waals surface area contributed by atoms with Crippen LogP contribution < -0.4 is 20.5 Å². The van der Waals surface area contributed by atoms with Crippen LogP contribution >= 0.6 is 12.4 Å². The van der Waals surface area contributed by atoms with Crippen LogP contribution in [0.15, 0.2) is 36.4 Å². The molecule has 0 bridgehead atoms. The summed E-state index contributed by atoms with van der Waals surface area (Å²) in [6.45, 7) is 3.11. The van der Waals surface area contributed by atoms with Gasteiger partial charge >= 0.3 is 0 Å². The van der Waals surface area contributed by atoms with E-state index >= 15 is 0 Å². The van der Waals surface area contributed by atoms with Crippen LogP contribution in [0.1, 0.15) is 23.5 Å². The Morgan fingerprint density at radius 2 is 1.88 bits per heavy atom. The smallest absolute Gasteiger partial charge is 0.228 e. The van der Waals surface area contributed by atoms with Crippen LogP contribution in [0.5, 0.6) is 11.5 Å². The van der Waals surface area contributed by atoms with Crippen molar-refractivity contribution in [1.82, 2.24) is 0 Å². The number of halogens is 1. The number of nitrogens with one attached hydrogen (secondary N) is 1. The van der Waals surface area contributed by atoms with E-state index in [0.717, 1.165) is 34.7 Å². The maximum atomic E-state index is 12.5. The standard InChI is InChI=1S/C19H20N2O3.ClH/c1-11-2-4-13(20)9-16(11)21-19(22)15-10-14(15)12-3-5-17-18(8-12)24-7-6-23-17;/h2-5,8-9,14-15H,6-7,10,20H2,1H3,(H,21,22);1H. The number of carbonyl (C=O) groups excluding carboxylic acids is 1. The van der Waals surface area contributed by atoms with Gasteiger partial charge in [0.1, 0.15) is 13.2 Å². The Hall–Kier alpha value is -2.40. The summed E-state index contributed by atoms with van der Waals surface area (Å²) < 4.78 is 11.2. The number of nitrogens with two attached hydrogens (primary N) is 1. The van der Waals surface area contributed by atoms with E-state index in [1.54, 1.807) is 6.07 Å². The monoisotopic (exact) mass is 360 g/mol. The minimum absolute atomic E-state index is 0. The van der Waals surface area contributed by atoms with Crippen molar-refractivity contribution < 1.29 is 14.3 Å². The lowest BCUT2D eigenvalue weighted by molar-refractivity contribution is -0.117. The average molecular weight is 361 g/mol. The van der Waals surface area contributed by atoms with Crippen LogP contribution in [0.4, 0.5) is 11.4 Å². The minimum atomic E-state index is -0.00612. The number of anilines is 2. The molecule has 1 saturated carbocycles. The number of hydrogen-bond donors (Lipinski definition) is 2.